The molecule has 0 radical (unpaired) electrons. The van der Waals surface area contributed by atoms with Crippen LogP contribution in [0.5, 0.6) is 0 Å². The predicted octanol–water partition coefficient (Wildman–Crippen LogP) is 3.10. The Kier molecular flexibility index (Phi) is 4.85. The zero-order chi connectivity index (χ0) is 17.1. The van der Waals surface area contributed by atoms with Crippen LogP contribution in [-0.4, -0.2) is 38.5 Å². The van der Waals surface area contributed by atoms with Crippen molar-refractivity contribution in [2.24, 2.45) is 5.73 Å². The standard InChI is InChI=1S/C18H24N4O2/c1-2-21-12-15(11-20-21)13-6-5-7-14(10-13)17(19)16-8-3-4-9-22(16)18(23)24/h5-7,10-12,16-17H,2-4,8-9,19H2,1H3,(H,23,24)/t16-,17?/m1/s1. The van der Waals surface area contributed by atoms with Gasteiger partial charge in [0.2, 0.25) is 0 Å². The summed E-state index contributed by atoms with van der Waals surface area (Å²) in [5.74, 6) is 0. The van der Waals surface area contributed by atoms with Gasteiger partial charge in [-0.25, -0.2) is 4.79 Å². The smallest absolute Gasteiger partial charge is 0.407 e. The molecule has 1 aliphatic heterocycles. The van der Waals surface area contributed by atoms with Crippen molar-refractivity contribution in [3.63, 3.8) is 0 Å². The number of likely N-dealkylation sites (tertiary alicyclic amines) is 1. The maximum atomic E-state index is 11.5. The van der Waals surface area contributed by atoms with Crippen LogP contribution in [-0.2, 0) is 6.54 Å². The highest BCUT2D eigenvalue weighted by molar-refractivity contribution is 5.66. The predicted molar refractivity (Wildman–Crippen MR) is 92.6 cm³/mol. The van der Waals surface area contributed by atoms with Gasteiger partial charge in [0.1, 0.15) is 0 Å². The second kappa shape index (κ2) is 7.05. The summed E-state index contributed by atoms with van der Waals surface area (Å²) in [6.45, 7) is 3.44. The van der Waals surface area contributed by atoms with Crippen molar-refractivity contribution in [1.82, 2.24) is 14.7 Å². The van der Waals surface area contributed by atoms with E-state index >= 15 is 0 Å². The number of carbonyl (C=O) groups is 1. The van der Waals surface area contributed by atoms with Crippen molar-refractivity contribution in [3.05, 3.63) is 42.2 Å². The highest BCUT2D eigenvalue weighted by Crippen LogP contribution is 2.29. The highest BCUT2D eigenvalue weighted by Gasteiger charge is 2.31. The van der Waals surface area contributed by atoms with E-state index in [4.69, 9.17) is 5.73 Å². The molecule has 128 valence electrons. The fraction of sp³-hybridized carbons (Fsp3) is 0.444. The average Bonchev–Trinajstić information content (AvgIpc) is 3.10. The quantitative estimate of drug-likeness (QED) is 0.903. The van der Waals surface area contributed by atoms with Gasteiger partial charge in [-0.2, -0.15) is 5.10 Å². The number of amides is 1. The molecule has 24 heavy (non-hydrogen) atoms. The molecule has 2 heterocycles. The van der Waals surface area contributed by atoms with E-state index in [1.165, 1.54) is 4.90 Å². The monoisotopic (exact) mass is 328 g/mol. The van der Waals surface area contributed by atoms with Gasteiger partial charge in [0.25, 0.3) is 0 Å². The fourth-order valence-electron chi connectivity index (χ4n) is 3.40. The first kappa shape index (κ1) is 16.5. The van der Waals surface area contributed by atoms with Crippen LogP contribution in [0.2, 0.25) is 0 Å². The van der Waals surface area contributed by atoms with Crippen molar-refractivity contribution in [1.29, 1.82) is 0 Å². The van der Waals surface area contributed by atoms with Crippen LogP contribution in [0.15, 0.2) is 36.7 Å². The van der Waals surface area contributed by atoms with Gasteiger partial charge in [-0.05, 0) is 43.4 Å². The summed E-state index contributed by atoms with van der Waals surface area (Å²) in [7, 11) is 0. The molecule has 3 rings (SSSR count). The summed E-state index contributed by atoms with van der Waals surface area (Å²) >= 11 is 0. The highest BCUT2D eigenvalue weighted by atomic mass is 16.4. The maximum absolute atomic E-state index is 11.5. The van der Waals surface area contributed by atoms with E-state index in [0.29, 0.717) is 6.54 Å². The largest absolute Gasteiger partial charge is 0.465 e. The van der Waals surface area contributed by atoms with E-state index in [2.05, 4.69) is 11.2 Å². The number of hydrogen-bond acceptors (Lipinski definition) is 3. The maximum Gasteiger partial charge on any atom is 0.407 e. The number of nitrogens with zero attached hydrogens (tertiary/aromatic N) is 3. The lowest BCUT2D eigenvalue weighted by Gasteiger charge is -2.37. The number of nitrogens with two attached hydrogens (primary N) is 1. The van der Waals surface area contributed by atoms with Gasteiger partial charge in [-0.15, -0.1) is 0 Å². The number of hydrogen-bond donors (Lipinski definition) is 2. The summed E-state index contributed by atoms with van der Waals surface area (Å²) in [5.41, 5.74) is 9.52. The summed E-state index contributed by atoms with van der Waals surface area (Å²) in [5, 5.41) is 13.7. The molecule has 1 unspecified atom stereocenters. The number of benzene rings is 1. The summed E-state index contributed by atoms with van der Waals surface area (Å²) in [4.78, 5) is 13.0. The third kappa shape index (κ3) is 3.28. The molecule has 1 aromatic carbocycles. The molecular formula is C18H24N4O2. The molecule has 0 saturated carbocycles. The van der Waals surface area contributed by atoms with Crippen LogP contribution in [0.25, 0.3) is 11.1 Å². The lowest BCUT2D eigenvalue weighted by Crippen LogP contribution is -2.48. The Morgan fingerprint density at radius 1 is 1.42 bits per heavy atom. The SMILES string of the molecule is CCn1cc(-c2cccc(C(N)[C@H]3CCCCN3C(=O)O)c2)cn1. The van der Waals surface area contributed by atoms with Crippen LogP contribution in [0.1, 0.15) is 37.8 Å². The van der Waals surface area contributed by atoms with Crippen LogP contribution in [0.4, 0.5) is 4.79 Å². The Balaban J connectivity index is 1.85. The minimum Gasteiger partial charge on any atom is -0.465 e. The third-order valence-corrected chi connectivity index (χ3v) is 4.77. The van der Waals surface area contributed by atoms with E-state index in [0.717, 1.165) is 42.5 Å². The molecule has 0 aliphatic carbocycles. The number of rotatable bonds is 4. The molecular weight excluding hydrogens is 304 g/mol. The van der Waals surface area contributed by atoms with Crippen molar-refractivity contribution in [3.8, 4) is 11.1 Å². The Bertz CT molecular complexity index is 713. The summed E-state index contributed by atoms with van der Waals surface area (Å²) in [6.07, 6.45) is 5.71. The van der Waals surface area contributed by atoms with Crippen LogP contribution in [0, 0.1) is 0 Å². The molecule has 6 nitrogen and oxygen atoms in total. The normalized spacial score (nSPS) is 19.2. The lowest BCUT2D eigenvalue weighted by molar-refractivity contribution is 0.0967. The molecule has 2 atom stereocenters. The molecule has 0 bridgehead atoms. The molecule has 1 aliphatic rings. The zero-order valence-corrected chi connectivity index (χ0v) is 13.9. The Morgan fingerprint density at radius 3 is 2.96 bits per heavy atom. The molecule has 2 aromatic rings. The van der Waals surface area contributed by atoms with Crippen LogP contribution in [0.3, 0.4) is 0 Å². The van der Waals surface area contributed by atoms with Gasteiger partial charge in [0.05, 0.1) is 18.3 Å². The topological polar surface area (TPSA) is 84.4 Å². The van der Waals surface area contributed by atoms with Gasteiger partial charge < -0.3 is 15.7 Å². The first-order valence-electron chi connectivity index (χ1n) is 8.48. The van der Waals surface area contributed by atoms with E-state index < -0.39 is 6.09 Å². The Labute approximate surface area is 141 Å². The van der Waals surface area contributed by atoms with E-state index in [9.17, 15) is 9.90 Å². The number of carboxylic acid groups (broad SMARTS) is 1. The van der Waals surface area contributed by atoms with Crippen molar-refractivity contribution in [2.75, 3.05) is 6.54 Å². The molecule has 1 fully saturated rings. The van der Waals surface area contributed by atoms with Crippen LogP contribution < -0.4 is 5.73 Å². The molecule has 1 aromatic heterocycles. The average molecular weight is 328 g/mol. The Morgan fingerprint density at radius 2 is 2.25 bits per heavy atom. The van der Waals surface area contributed by atoms with Crippen molar-refractivity contribution in [2.45, 2.75) is 44.8 Å². The molecule has 6 heteroatoms. The number of aromatic nitrogens is 2. The lowest BCUT2D eigenvalue weighted by atomic mass is 9.90. The molecule has 3 N–H and O–H groups in total. The molecule has 1 amide bonds. The van der Waals surface area contributed by atoms with E-state index in [1.807, 2.05) is 42.2 Å². The van der Waals surface area contributed by atoms with Crippen LogP contribution >= 0.6 is 0 Å². The first-order chi connectivity index (χ1) is 11.6. The minimum absolute atomic E-state index is 0.162. The first-order valence-corrected chi connectivity index (χ1v) is 8.48. The van der Waals surface area contributed by atoms with Gasteiger partial charge in [-0.3, -0.25) is 4.68 Å². The number of piperidine rings is 1. The molecule has 1 saturated heterocycles. The zero-order valence-electron chi connectivity index (χ0n) is 13.9. The van der Waals surface area contributed by atoms with E-state index in [-0.39, 0.29) is 12.1 Å². The Hall–Kier alpha value is -2.34. The fourth-order valence-corrected chi connectivity index (χ4v) is 3.40. The number of aryl methyl sites for hydroxylation is 1. The van der Waals surface area contributed by atoms with Crippen molar-refractivity contribution < 1.29 is 9.90 Å². The van der Waals surface area contributed by atoms with Gasteiger partial charge >= 0.3 is 6.09 Å². The second-order valence-corrected chi connectivity index (χ2v) is 6.28. The van der Waals surface area contributed by atoms with Gasteiger partial charge in [0, 0.05) is 24.8 Å². The van der Waals surface area contributed by atoms with E-state index in [1.54, 1.807) is 0 Å². The van der Waals surface area contributed by atoms with Gasteiger partial charge in [0.15, 0.2) is 0 Å². The summed E-state index contributed by atoms with van der Waals surface area (Å²) in [6, 6.07) is 7.56. The second-order valence-electron chi connectivity index (χ2n) is 6.28. The minimum atomic E-state index is -0.879. The van der Waals surface area contributed by atoms with Crippen molar-refractivity contribution >= 4 is 6.09 Å². The summed E-state index contributed by atoms with van der Waals surface area (Å²) < 4.78 is 1.88. The molecule has 0 spiro atoms. The van der Waals surface area contributed by atoms with Gasteiger partial charge in [-0.1, -0.05) is 18.2 Å². The third-order valence-electron chi connectivity index (χ3n) is 4.77.